The molecule has 8 nitrogen and oxygen atoms in total. The molecule has 0 radical (unpaired) electrons. The average molecular weight is 527 g/mol. The second-order valence-corrected chi connectivity index (χ2v) is 5.02. The van der Waals surface area contributed by atoms with Gasteiger partial charge in [0.15, 0.2) is 0 Å². The number of hydrogen-bond donors (Lipinski definition) is 0. The van der Waals surface area contributed by atoms with E-state index in [0.717, 1.165) is 25.7 Å². The first kappa shape index (κ1) is 28.9. The van der Waals surface area contributed by atoms with Crippen molar-refractivity contribution >= 4 is 23.5 Å². The molecule has 0 unspecified atom stereocenters. The van der Waals surface area contributed by atoms with E-state index < -0.39 is 11.9 Å². The van der Waals surface area contributed by atoms with E-state index in [1.54, 1.807) is 0 Å². The Morgan fingerprint density at radius 1 is 0.680 bits per heavy atom. The van der Waals surface area contributed by atoms with Crippen LogP contribution in [-0.4, -0.2) is 36.7 Å². The predicted molar refractivity (Wildman–Crippen MR) is 84.5 cm³/mol. The maximum Gasteiger partial charge on any atom is 0.349 e. The molecule has 0 rings (SSSR count). The Kier molecular flexibility index (Phi) is 24.4. The van der Waals surface area contributed by atoms with E-state index in [-0.39, 0.29) is 50.3 Å². The van der Waals surface area contributed by atoms with Crippen molar-refractivity contribution in [2.24, 2.45) is 0 Å². The number of unbranched alkanes of at least 4 members (excludes halogenated alkanes) is 2. The molecule has 0 aromatic carbocycles. The summed E-state index contributed by atoms with van der Waals surface area (Å²) in [5.74, 6) is -1.70. The van der Waals surface area contributed by atoms with Gasteiger partial charge >= 0.3 is 11.9 Å². The third kappa shape index (κ3) is 28.2. The molecular formula is C16H28HfO8. The van der Waals surface area contributed by atoms with Crippen LogP contribution in [0.25, 0.3) is 0 Å². The van der Waals surface area contributed by atoms with Gasteiger partial charge in [-0.3, -0.25) is 19.4 Å². The van der Waals surface area contributed by atoms with Gasteiger partial charge < -0.3 is 0 Å². The van der Waals surface area contributed by atoms with Crippen molar-refractivity contribution in [1.29, 1.82) is 0 Å². The third-order valence-electron chi connectivity index (χ3n) is 2.25. The molecule has 0 bridgehead atoms. The van der Waals surface area contributed by atoms with E-state index in [1.807, 2.05) is 13.8 Å². The van der Waals surface area contributed by atoms with Crippen LogP contribution in [0.15, 0.2) is 0 Å². The van der Waals surface area contributed by atoms with E-state index in [1.165, 1.54) is 13.8 Å². The Morgan fingerprint density at radius 2 is 1.00 bits per heavy atom. The van der Waals surface area contributed by atoms with Gasteiger partial charge in [-0.25, -0.2) is 9.59 Å². The molecule has 0 spiro atoms. The molecule has 0 aliphatic carbocycles. The molecule has 9 heteroatoms. The van der Waals surface area contributed by atoms with Crippen molar-refractivity contribution in [2.45, 2.75) is 66.2 Å². The number of carbonyl (C=O) groups excluding carboxylic acids is 4. The smallest absolute Gasteiger partial charge is 0.299 e. The maximum atomic E-state index is 10.6. The Hall–Kier alpha value is -0.930. The molecule has 0 aliphatic rings. The van der Waals surface area contributed by atoms with Crippen molar-refractivity contribution in [3.63, 3.8) is 0 Å². The fourth-order valence-corrected chi connectivity index (χ4v) is 1.09. The summed E-state index contributed by atoms with van der Waals surface area (Å²) in [6.07, 6.45) is 3.20. The van der Waals surface area contributed by atoms with Gasteiger partial charge in [-0.15, -0.1) is 0 Å². The molecular weight excluding hydrogens is 499 g/mol. The number of hydrogen-bond acceptors (Lipinski definition) is 8. The topological polar surface area (TPSA) is 105 Å². The van der Waals surface area contributed by atoms with Crippen LogP contribution in [0, 0.1) is 0 Å². The molecule has 0 N–H and O–H groups in total. The van der Waals surface area contributed by atoms with Crippen molar-refractivity contribution in [2.75, 3.05) is 13.2 Å². The van der Waals surface area contributed by atoms with Gasteiger partial charge in [-0.1, -0.05) is 26.7 Å². The maximum absolute atomic E-state index is 10.6. The Labute approximate surface area is 167 Å². The van der Waals surface area contributed by atoms with Crippen LogP contribution in [0.1, 0.15) is 66.2 Å². The zero-order valence-electron chi connectivity index (χ0n) is 15.4. The predicted octanol–water partition coefficient (Wildman–Crippen LogP) is 2.48. The van der Waals surface area contributed by atoms with E-state index in [4.69, 9.17) is 0 Å². The van der Waals surface area contributed by atoms with Gasteiger partial charge in [0.05, 0.1) is 13.2 Å². The number of rotatable bonds is 12. The van der Waals surface area contributed by atoms with Crippen molar-refractivity contribution < 1.29 is 64.6 Å². The second-order valence-electron chi connectivity index (χ2n) is 5.02. The first-order valence-electron chi connectivity index (χ1n) is 7.96. The summed E-state index contributed by atoms with van der Waals surface area (Å²) in [5.41, 5.74) is 0. The first-order valence-corrected chi connectivity index (χ1v) is 7.96. The van der Waals surface area contributed by atoms with Gasteiger partial charge in [0.25, 0.3) is 0 Å². The monoisotopic (exact) mass is 528 g/mol. The van der Waals surface area contributed by atoms with Gasteiger partial charge in [-0.2, -0.15) is 9.78 Å². The SMILES string of the molecule is CCCCOOC(=O)CC(C)=O.CCCCOOC(=O)CC(C)=O.[Hf]. The third-order valence-corrected chi connectivity index (χ3v) is 2.25. The summed E-state index contributed by atoms with van der Waals surface area (Å²) in [6, 6.07) is 0. The molecule has 0 aliphatic heterocycles. The largest absolute Gasteiger partial charge is 0.349 e. The summed E-state index contributed by atoms with van der Waals surface area (Å²) in [6.45, 7) is 7.43. The molecule has 0 fully saturated rings. The minimum absolute atomic E-state index is 0. The van der Waals surface area contributed by atoms with Crippen molar-refractivity contribution in [3.8, 4) is 0 Å². The fourth-order valence-electron chi connectivity index (χ4n) is 1.09. The van der Waals surface area contributed by atoms with Crippen LogP contribution in [-0.2, 0) is 64.6 Å². The molecule has 0 saturated heterocycles. The fraction of sp³-hybridized carbons (Fsp3) is 0.750. The standard InChI is InChI=1S/2C8H14O4.Hf/c2*1-3-4-5-11-12-8(10)6-7(2)9;/h2*3-6H2,1-2H3;. The summed E-state index contributed by atoms with van der Waals surface area (Å²) >= 11 is 0. The van der Waals surface area contributed by atoms with E-state index in [0.29, 0.717) is 13.2 Å². The van der Waals surface area contributed by atoms with Crippen LogP contribution < -0.4 is 0 Å². The van der Waals surface area contributed by atoms with Gasteiger partial charge in [0, 0.05) is 25.8 Å². The summed E-state index contributed by atoms with van der Waals surface area (Å²) in [4.78, 5) is 59.7. The van der Waals surface area contributed by atoms with Crippen molar-refractivity contribution in [1.82, 2.24) is 0 Å². The molecule has 0 amide bonds. The second kappa shape index (κ2) is 21.1. The van der Waals surface area contributed by atoms with Crippen LogP contribution in [0.3, 0.4) is 0 Å². The van der Waals surface area contributed by atoms with E-state index in [2.05, 4.69) is 19.6 Å². The minimum atomic E-state index is -0.626. The molecule has 0 saturated carbocycles. The van der Waals surface area contributed by atoms with Crippen LogP contribution in [0.5, 0.6) is 0 Å². The molecule has 0 atom stereocenters. The van der Waals surface area contributed by atoms with Crippen molar-refractivity contribution in [3.05, 3.63) is 0 Å². The Bertz CT molecular complexity index is 348. The van der Waals surface area contributed by atoms with Crippen LogP contribution in [0.2, 0.25) is 0 Å². The van der Waals surface area contributed by atoms with Crippen LogP contribution in [0.4, 0.5) is 0 Å². The summed E-state index contributed by atoms with van der Waals surface area (Å²) in [5, 5.41) is 0. The quantitative estimate of drug-likeness (QED) is 0.126. The summed E-state index contributed by atoms with van der Waals surface area (Å²) in [7, 11) is 0. The van der Waals surface area contributed by atoms with Gasteiger partial charge in [-0.05, 0) is 26.7 Å². The van der Waals surface area contributed by atoms with E-state index >= 15 is 0 Å². The molecule has 25 heavy (non-hydrogen) atoms. The molecule has 144 valence electrons. The molecule has 0 aromatic rings. The zero-order chi connectivity index (χ0) is 18.8. The number of carbonyl (C=O) groups is 4. The minimum Gasteiger partial charge on any atom is -0.299 e. The normalized spacial score (nSPS) is 9.12. The molecule has 0 aromatic heterocycles. The zero-order valence-corrected chi connectivity index (χ0v) is 19.0. The first-order chi connectivity index (χ1) is 11.3. The van der Waals surface area contributed by atoms with E-state index in [9.17, 15) is 19.2 Å². The van der Waals surface area contributed by atoms with Crippen LogP contribution >= 0.6 is 0 Å². The van der Waals surface area contributed by atoms with Gasteiger partial charge in [0.2, 0.25) is 0 Å². The number of ketones is 2. The Morgan fingerprint density at radius 3 is 1.24 bits per heavy atom. The average Bonchev–Trinajstić information content (AvgIpc) is 2.47. The van der Waals surface area contributed by atoms with Gasteiger partial charge in [0.1, 0.15) is 24.4 Å². The Balaban J connectivity index is -0.000000372. The number of Topliss-reactive ketones (excluding diaryl/α,β-unsaturated/α-hetero) is 2. The summed E-state index contributed by atoms with van der Waals surface area (Å²) < 4.78 is 0. The molecule has 0 heterocycles.